The Bertz CT molecular complexity index is 1210. The van der Waals surface area contributed by atoms with Gasteiger partial charge >= 0.3 is 0 Å². The molecule has 0 radical (unpaired) electrons. The monoisotopic (exact) mass is 524 g/mol. The Balaban J connectivity index is 1.26. The molecule has 1 aromatic heterocycles. The Morgan fingerprint density at radius 1 is 0.886 bits per heavy atom. The zero-order valence-electron chi connectivity index (χ0n) is 19.1. The van der Waals surface area contributed by atoms with Crippen molar-refractivity contribution in [3.05, 3.63) is 48.3 Å². The number of amides is 1. The second kappa shape index (κ2) is 11.0. The van der Waals surface area contributed by atoms with Crippen molar-refractivity contribution >= 4 is 31.9 Å². The van der Waals surface area contributed by atoms with Gasteiger partial charge in [0.1, 0.15) is 0 Å². The van der Waals surface area contributed by atoms with E-state index < -0.39 is 26.0 Å². The van der Waals surface area contributed by atoms with Gasteiger partial charge in [-0.3, -0.25) is 4.79 Å². The first-order valence-corrected chi connectivity index (χ1v) is 14.3. The maximum Gasteiger partial charge on any atom is 0.251 e. The second-order valence-corrected chi connectivity index (χ2v) is 12.1. The first-order valence-electron chi connectivity index (χ1n) is 11.2. The summed E-state index contributed by atoms with van der Waals surface area (Å²) in [7, 11) is -7.20. The number of rotatable bonds is 8. The largest absolute Gasteiger partial charge is 0.379 e. The number of morpholine rings is 1. The summed E-state index contributed by atoms with van der Waals surface area (Å²) in [5, 5.41) is 2.60. The van der Waals surface area contributed by atoms with Crippen LogP contribution in [0, 0.1) is 0 Å². The molecule has 4 rings (SSSR count). The number of nitrogens with one attached hydrogen (secondary N) is 1. The Hall–Kier alpha value is -2.65. The fourth-order valence-corrected chi connectivity index (χ4v) is 6.61. The minimum absolute atomic E-state index is 0.0585. The van der Waals surface area contributed by atoms with Crippen LogP contribution in [0.1, 0.15) is 10.4 Å². The number of nitrogens with zero attached hydrogens (tertiary/aromatic N) is 5. The smallest absolute Gasteiger partial charge is 0.251 e. The minimum atomic E-state index is -3.65. The van der Waals surface area contributed by atoms with E-state index in [1.165, 1.54) is 32.9 Å². The lowest BCUT2D eigenvalue weighted by Gasteiger charge is -2.33. The van der Waals surface area contributed by atoms with Gasteiger partial charge in [0.25, 0.3) is 5.91 Å². The van der Waals surface area contributed by atoms with Gasteiger partial charge in [0.2, 0.25) is 26.0 Å². The van der Waals surface area contributed by atoms with Gasteiger partial charge in [0.05, 0.1) is 23.9 Å². The van der Waals surface area contributed by atoms with Gasteiger partial charge in [-0.15, -0.1) is 0 Å². The molecule has 190 valence electrons. The minimum Gasteiger partial charge on any atom is -0.379 e. The van der Waals surface area contributed by atoms with Crippen LogP contribution < -0.4 is 10.2 Å². The van der Waals surface area contributed by atoms with Crippen LogP contribution in [0.25, 0.3) is 0 Å². The number of sulfonamides is 2. The predicted octanol–water partition coefficient (Wildman–Crippen LogP) is -0.621. The lowest BCUT2D eigenvalue weighted by Crippen LogP contribution is -2.50. The zero-order valence-corrected chi connectivity index (χ0v) is 20.7. The summed E-state index contributed by atoms with van der Waals surface area (Å²) in [6.07, 6.45) is 3.29. The van der Waals surface area contributed by atoms with Crippen molar-refractivity contribution in [3.8, 4) is 0 Å². The first kappa shape index (κ1) is 25.4. The third-order valence-electron chi connectivity index (χ3n) is 5.84. The lowest BCUT2D eigenvalue weighted by atomic mass is 10.2. The number of aromatic nitrogens is 2. The molecule has 2 aliphatic heterocycles. The molecular weight excluding hydrogens is 496 g/mol. The van der Waals surface area contributed by atoms with E-state index in [0.717, 1.165) is 0 Å². The lowest BCUT2D eigenvalue weighted by molar-refractivity contribution is 0.0730. The van der Waals surface area contributed by atoms with E-state index >= 15 is 0 Å². The standard InChI is InChI=1S/C21H28N6O6S2/c28-20(18-2-4-19(5-3-18)35(31,32)27-13-15-33-16-14-27)22-8-17-34(29,30)26-11-9-25(10-12-26)21-23-6-1-7-24-21/h1-7H,8-17H2,(H,22,28). The summed E-state index contributed by atoms with van der Waals surface area (Å²) >= 11 is 0. The van der Waals surface area contributed by atoms with Crippen LogP contribution in [0.5, 0.6) is 0 Å². The molecule has 3 heterocycles. The van der Waals surface area contributed by atoms with E-state index in [1.54, 1.807) is 18.5 Å². The number of hydrogen-bond donors (Lipinski definition) is 1. The number of benzene rings is 1. The van der Waals surface area contributed by atoms with Crippen molar-refractivity contribution in [2.24, 2.45) is 0 Å². The topological polar surface area (TPSA) is 142 Å². The van der Waals surface area contributed by atoms with E-state index in [4.69, 9.17) is 4.74 Å². The molecule has 0 atom stereocenters. The van der Waals surface area contributed by atoms with E-state index in [2.05, 4.69) is 15.3 Å². The van der Waals surface area contributed by atoms with Crippen LogP contribution in [-0.2, 0) is 24.8 Å². The third-order valence-corrected chi connectivity index (χ3v) is 9.62. The number of carbonyl (C=O) groups excluding carboxylic acids is 1. The van der Waals surface area contributed by atoms with Gasteiger partial charge in [0.15, 0.2) is 0 Å². The summed E-state index contributed by atoms with van der Waals surface area (Å²) < 4.78 is 58.7. The van der Waals surface area contributed by atoms with Gasteiger partial charge < -0.3 is 15.0 Å². The quantitative estimate of drug-likeness (QED) is 0.478. The number of piperazine rings is 1. The fourth-order valence-electron chi connectivity index (χ4n) is 3.86. The summed E-state index contributed by atoms with van der Waals surface area (Å²) in [5.41, 5.74) is 0.250. The summed E-state index contributed by atoms with van der Waals surface area (Å²) in [6.45, 7) is 2.80. The maximum absolute atomic E-state index is 12.7. The van der Waals surface area contributed by atoms with E-state index in [-0.39, 0.29) is 35.8 Å². The molecule has 12 nitrogen and oxygen atoms in total. The summed E-state index contributed by atoms with van der Waals surface area (Å²) in [6, 6.07) is 7.32. The number of anilines is 1. The molecule has 0 saturated carbocycles. The number of hydrogen-bond acceptors (Lipinski definition) is 9. The normalized spacial score (nSPS) is 18.3. The second-order valence-electron chi connectivity index (χ2n) is 8.05. The Morgan fingerprint density at radius 2 is 1.51 bits per heavy atom. The number of carbonyl (C=O) groups is 1. The van der Waals surface area contributed by atoms with Crippen molar-refractivity contribution in [3.63, 3.8) is 0 Å². The first-order chi connectivity index (χ1) is 16.8. The fraction of sp³-hybridized carbons (Fsp3) is 0.476. The highest BCUT2D eigenvalue weighted by molar-refractivity contribution is 7.89. The highest BCUT2D eigenvalue weighted by atomic mass is 32.2. The van der Waals surface area contributed by atoms with Crippen molar-refractivity contribution < 1.29 is 26.4 Å². The van der Waals surface area contributed by atoms with Crippen LogP contribution in [-0.4, -0.2) is 106 Å². The van der Waals surface area contributed by atoms with Crippen molar-refractivity contribution in [2.45, 2.75) is 4.90 Å². The molecule has 0 bridgehead atoms. The highest BCUT2D eigenvalue weighted by Gasteiger charge is 2.28. The van der Waals surface area contributed by atoms with E-state index in [1.807, 2.05) is 4.90 Å². The Morgan fingerprint density at radius 3 is 2.14 bits per heavy atom. The summed E-state index contributed by atoms with van der Waals surface area (Å²) in [4.78, 5) is 22.9. The average molecular weight is 525 g/mol. The van der Waals surface area contributed by atoms with Crippen molar-refractivity contribution in [2.75, 3.05) is 69.7 Å². The molecule has 2 aromatic rings. The third kappa shape index (κ3) is 6.13. The van der Waals surface area contributed by atoms with Gasteiger partial charge in [-0.1, -0.05) is 0 Å². The highest BCUT2D eigenvalue weighted by Crippen LogP contribution is 2.18. The van der Waals surface area contributed by atoms with Crippen LogP contribution in [0.3, 0.4) is 0 Å². The van der Waals surface area contributed by atoms with Crippen molar-refractivity contribution in [1.82, 2.24) is 23.9 Å². The number of ether oxygens (including phenoxy) is 1. The van der Waals surface area contributed by atoms with Crippen LogP contribution in [0.2, 0.25) is 0 Å². The molecule has 0 unspecified atom stereocenters. The SMILES string of the molecule is O=C(NCCS(=O)(=O)N1CCN(c2ncccn2)CC1)c1ccc(S(=O)(=O)N2CCOCC2)cc1. The van der Waals surface area contributed by atoms with E-state index in [9.17, 15) is 21.6 Å². The maximum atomic E-state index is 12.7. The Labute approximate surface area is 205 Å². The molecule has 35 heavy (non-hydrogen) atoms. The average Bonchev–Trinajstić information content (AvgIpc) is 2.89. The summed E-state index contributed by atoms with van der Waals surface area (Å²) in [5.74, 6) is -0.133. The van der Waals surface area contributed by atoms with E-state index in [0.29, 0.717) is 45.3 Å². The van der Waals surface area contributed by atoms with Gasteiger partial charge in [-0.2, -0.15) is 8.61 Å². The molecule has 1 aromatic carbocycles. The van der Waals surface area contributed by atoms with Gasteiger partial charge in [0, 0.05) is 63.8 Å². The molecule has 1 amide bonds. The van der Waals surface area contributed by atoms with Crippen LogP contribution >= 0.6 is 0 Å². The van der Waals surface area contributed by atoms with Crippen LogP contribution in [0.4, 0.5) is 5.95 Å². The predicted molar refractivity (Wildman–Crippen MR) is 128 cm³/mol. The molecule has 2 aliphatic rings. The molecule has 1 N–H and O–H groups in total. The molecule has 0 aliphatic carbocycles. The van der Waals surface area contributed by atoms with Gasteiger partial charge in [-0.25, -0.2) is 26.8 Å². The molecule has 2 saturated heterocycles. The Kier molecular flexibility index (Phi) is 7.96. The molecular formula is C21H28N6O6S2. The molecule has 0 spiro atoms. The van der Waals surface area contributed by atoms with Gasteiger partial charge in [-0.05, 0) is 30.3 Å². The zero-order chi connectivity index (χ0) is 24.9. The molecule has 14 heteroatoms. The van der Waals surface area contributed by atoms with Crippen molar-refractivity contribution in [1.29, 1.82) is 0 Å². The molecule has 2 fully saturated rings. The van der Waals surface area contributed by atoms with Crippen LogP contribution in [0.15, 0.2) is 47.6 Å².